The van der Waals surface area contributed by atoms with E-state index in [2.05, 4.69) is 31.2 Å². The van der Waals surface area contributed by atoms with Gasteiger partial charge in [0, 0.05) is 19.2 Å². The molecule has 0 radical (unpaired) electrons. The molecule has 0 saturated carbocycles. The number of nitrogens with one attached hydrogen (secondary N) is 1. The molecule has 18 heavy (non-hydrogen) atoms. The molecule has 94 valence electrons. The quantitative estimate of drug-likeness (QED) is 0.940. The Morgan fingerprint density at radius 1 is 1.28 bits per heavy atom. The smallest absolute Gasteiger partial charge is 0.144 e. The lowest BCUT2D eigenvalue weighted by atomic mass is 10.1. The SMILES string of the molecule is CCNc1nc(Cc2ccc(F)cc2)ncc1Br. The number of anilines is 1. The van der Waals surface area contributed by atoms with Gasteiger partial charge in [-0.2, -0.15) is 0 Å². The third-order valence-electron chi connectivity index (χ3n) is 2.41. The molecule has 1 aromatic carbocycles. The van der Waals surface area contributed by atoms with Crippen LogP contribution in [0.1, 0.15) is 18.3 Å². The Balaban J connectivity index is 2.18. The fourth-order valence-corrected chi connectivity index (χ4v) is 1.90. The van der Waals surface area contributed by atoms with Crippen LogP contribution in [-0.4, -0.2) is 16.5 Å². The van der Waals surface area contributed by atoms with Gasteiger partial charge in [-0.15, -0.1) is 0 Å². The Bertz CT molecular complexity index is 528. The first-order valence-corrected chi connectivity index (χ1v) is 6.48. The van der Waals surface area contributed by atoms with Crippen molar-refractivity contribution in [3.63, 3.8) is 0 Å². The van der Waals surface area contributed by atoms with Crippen LogP contribution in [0.25, 0.3) is 0 Å². The molecule has 1 heterocycles. The summed E-state index contributed by atoms with van der Waals surface area (Å²) in [5, 5.41) is 3.15. The van der Waals surface area contributed by atoms with E-state index in [9.17, 15) is 4.39 Å². The molecule has 2 aromatic rings. The predicted octanol–water partition coefficient (Wildman–Crippen LogP) is 3.40. The summed E-state index contributed by atoms with van der Waals surface area (Å²) in [6.45, 7) is 2.81. The monoisotopic (exact) mass is 309 g/mol. The fourth-order valence-electron chi connectivity index (χ4n) is 1.57. The highest BCUT2D eigenvalue weighted by atomic mass is 79.9. The lowest BCUT2D eigenvalue weighted by Gasteiger charge is -2.07. The molecular weight excluding hydrogens is 297 g/mol. The zero-order valence-electron chi connectivity index (χ0n) is 9.95. The van der Waals surface area contributed by atoms with E-state index in [4.69, 9.17) is 0 Å². The van der Waals surface area contributed by atoms with Crippen molar-refractivity contribution in [2.24, 2.45) is 0 Å². The van der Waals surface area contributed by atoms with Gasteiger partial charge >= 0.3 is 0 Å². The largest absolute Gasteiger partial charge is 0.369 e. The topological polar surface area (TPSA) is 37.8 Å². The zero-order valence-corrected chi connectivity index (χ0v) is 11.5. The molecule has 0 bridgehead atoms. The molecule has 0 atom stereocenters. The molecule has 0 saturated heterocycles. The average molecular weight is 310 g/mol. The van der Waals surface area contributed by atoms with E-state index >= 15 is 0 Å². The standard InChI is InChI=1S/C13H13BrFN3/c1-2-16-13-11(14)8-17-12(18-13)7-9-3-5-10(15)6-4-9/h3-6,8H,2,7H2,1H3,(H,16,17,18). The molecule has 0 aliphatic heterocycles. The Kier molecular flexibility index (Phi) is 4.25. The van der Waals surface area contributed by atoms with Gasteiger partial charge in [0.2, 0.25) is 0 Å². The van der Waals surface area contributed by atoms with Crippen LogP contribution >= 0.6 is 15.9 Å². The van der Waals surface area contributed by atoms with E-state index < -0.39 is 0 Å². The summed E-state index contributed by atoms with van der Waals surface area (Å²) in [6, 6.07) is 6.38. The molecule has 0 unspecified atom stereocenters. The fraction of sp³-hybridized carbons (Fsp3) is 0.231. The van der Waals surface area contributed by atoms with Crippen molar-refractivity contribution in [3.8, 4) is 0 Å². The third kappa shape index (κ3) is 3.26. The van der Waals surface area contributed by atoms with Gasteiger partial charge in [-0.25, -0.2) is 14.4 Å². The third-order valence-corrected chi connectivity index (χ3v) is 2.99. The Morgan fingerprint density at radius 2 is 2.00 bits per heavy atom. The van der Waals surface area contributed by atoms with Crippen molar-refractivity contribution in [1.82, 2.24) is 9.97 Å². The van der Waals surface area contributed by atoms with Crippen molar-refractivity contribution in [2.75, 3.05) is 11.9 Å². The maximum atomic E-state index is 12.8. The molecule has 0 amide bonds. The summed E-state index contributed by atoms with van der Waals surface area (Å²) < 4.78 is 13.6. The van der Waals surface area contributed by atoms with Crippen LogP contribution in [0.4, 0.5) is 10.2 Å². The van der Waals surface area contributed by atoms with E-state index in [1.165, 1.54) is 12.1 Å². The highest BCUT2D eigenvalue weighted by Gasteiger charge is 2.05. The summed E-state index contributed by atoms with van der Waals surface area (Å²) in [5.41, 5.74) is 0.987. The van der Waals surface area contributed by atoms with Crippen LogP contribution in [0.15, 0.2) is 34.9 Å². The highest BCUT2D eigenvalue weighted by Crippen LogP contribution is 2.19. The second-order valence-corrected chi connectivity index (χ2v) is 4.67. The van der Waals surface area contributed by atoms with E-state index in [-0.39, 0.29) is 5.82 Å². The van der Waals surface area contributed by atoms with Gasteiger partial charge in [-0.3, -0.25) is 0 Å². The minimum Gasteiger partial charge on any atom is -0.369 e. The summed E-state index contributed by atoms with van der Waals surface area (Å²) >= 11 is 3.39. The Morgan fingerprint density at radius 3 is 2.67 bits per heavy atom. The molecule has 0 spiro atoms. The van der Waals surface area contributed by atoms with Crippen molar-refractivity contribution < 1.29 is 4.39 Å². The van der Waals surface area contributed by atoms with E-state index in [0.29, 0.717) is 12.2 Å². The van der Waals surface area contributed by atoms with Crippen molar-refractivity contribution in [1.29, 1.82) is 0 Å². The van der Waals surface area contributed by atoms with Gasteiger partial charge in [-0.1, -0.05) is 12.1 Å². The first-order valence-electron chi connectivity index (χ1n) is 5.68. The first-order chi connectivity index (χ1) is 8.69. The van der Waals surface area contributed by atoms with Gasteiger partial charge in [0.1, 0.15) is 17.5 Å². The molecule has 5 heteroatoms. The second kappa shape index (κ2) is 5.91. The lowest BCUT2D eigenvalue weighted by Crippen LogP contribution is -2.04. The summed E-state index contributed by atoms with van der Waals surface area (Å²) in [7, 11) is 0. The molecule has 3 nitrogen and oxygen atoms in total. The van der Waals surface area contributed by atoms with Crippen molar-refractivity contribution in [2.45, 2.75) is 13.3 Å². The number of hydrogen-bond donors (Lipinski definition) is 1. The number of rotatable bonds is 4. The number of halogens is 2. The van der Waals surface area contributed by atoms with Crippen LogP contribution in [-0.2, 0) is 6.42 Å². The van der Waals surface area contributed by atoms with Crippen LogP contribution in [0.5, 0.6) is 0 Å². The zero-order chi connectivity index (χ0) is 13.0. The summed E-state index contributed by atoms with van der Waals surface area (Å²) in [5.74, 6) is 1.26. The minimum atomic E-state index is -0.233. The predicted molar refractivity (Wildman–Crippen MR) is 73.1 cm³/mol. The molecule has 0 aliphatic rings. The Hall–Kier alpha value is -1.49. The van der Waals surface area contributed by atoms with E-state index in [1.807, 2.05) is 6.92 Å². The highest BCUT2D eigenvalue weighted by molar-refractivity contribution is 9.10. The molecular formula is C13H13BrFN3. The number of nitrogens with zero attached hydrogens (tertiary/aromatic N) is 2. The van der Waals surface area contributed by atoms with Gasteiger partial charge < -0.3 is 5.32 Å². The molecule has 1 aromatic heterocycles. The molecule has 2 rings (SSSR count). The normalized spacial score (nSPS) is 10.4. The summed E-state index contributed by atoms with van der Waals surface area (Å²) in [4.78, 5) is 8.66. The number of hydrogen-bond acceptors (Lipinski definition) is 3. The van der Waals surface area contributed by atoms with Crippen LogP contribution in [0, 0.1) is 5.82 Å². The van der Waals surface area contributed by atoms with E-state index in [1.54, 1.807) is 18.3 Å². The Labute approximate surface area is 114 Å². The second-order valence-electron chi connectivity index (χ2n) is 3.82. The maximum Gasteiger partial charge on any atom is 0.144 e. The average Bonchev–Trinajstić information content (AvgIpc) is 2.37. The molecule has 1 N–H and O–H groups in total. The van der Waals surface area contributed by atoms with E-state index in [0.717, 1.165) is 22.4 Å². The van der Waals surface area contributed by atoms with Crippen LogP contribution in [0.2, 0.25) is 0 Å². The van der Waals surface area contributed by atoms with Gasteiger partial charge in [0.05, 0.1) is 4.47 Å². The van der Waals surface area contributed by atoms with Crippen LogP contribution < -0.4 is 5.32 Å². The van der Waals surface area contributed by atoms with Gasteiger partial charge in [0.25, 0.3) is 0 Å². The van der Waals surface area contributed by atoms with Crippen molar-refractivity contribution in [3.05, 3.63) is 52.1 Å². The maximum absolute atomic E-state index is 12.8. The van der Waals surface area contributed by atoms with Crippen molar-refractivity contribution >= 4 is 21.7 Å². The summed E-state index contributed by atoms with van der Waals surface area (Å²) in [6.07, 6.45) is 2.32. The molecule has 0 fully saturated rings. The van der Waals surface area contributed by atoms with Gasteiger partial charge in [0.15, 0.2) is 0 Å². The minimum absolute atomic E-state index is 0.233. The van der Waals surface area contributed by atoms with Gasteiger partial charge in [-0.05, 0) is 40.5 Å². The lowest BCUT2D eigenvalue weighted by molar-refractivity contribution is 0.627. The number of aromatic nitrogens is 2. The van der Waals surface area contributed by atoms with Crippen LogP contribution in [0.3, 0.4) is 0 Å². The molecule has 0 aliphatic carbocycles. The first kappa shape index (κ1) is 13.0. The number of benzene rings is 1.